The van der Waals surface area contributed by atoms with Gasteiger partial charge in [-0.15, -0.1) is 0 Å². The van der Waals surface area contributed by atoms with Crippen LogP contribution in [-0.2, 0) is 6.54 Å². The van der Waals surface area contributed by atoms with Gasteiger partial charge in [0.05, 0.1) is 16.8 Å². The smallest absolute Gasteiger partial charge is 0.253 e. The van der Waals surface area contributed by atoms with Gasteiger partial charge >= 0.3 is 0 Å². The summed E-state index contributed by atoms with van der Waals surface area (Å²) in [6.07, 6.45) is 3.39. The first-order valence-corrected chi connectivity index (χ1v) is 7.59. The molecule has 24 heavy (non-hydrogen) atoms. The molecule has 3 aromatic rings. The number of nitrogens with zero attached hydrogens (tertiary/aromatic N) is 2. The summed E-state index contributed by atoms with van der Waals surface area (Å²) in [7, 11) is 0. The SMILES string of the molecule is Cc1nc2ccncc2cc1C(=O)NCc1ccc2c(c1)OCO2. The van der Waals surface area contributed by atoms with Gasteiger partial charge in [-0.05, 0) is 36.8 Å². The first-order valence-electron chi connectivity index (χ1n) is 7.59. The van der Waals surface area contributed by atoms with Crippen molar-refractivity contribution in [2.75, 3.05) is 6.79 Å². The van der Waals surface area contributed by atoms with Crippen LogP contribution in [0.4, 0.5) is 0 Å². The molecule has 0 unspecified atom stereocenters. The molecule has 4 rings (SSSR count). The molecular weight excluding hydrogens is 306 g/mol. The summed E-state index contributed by atoms with van der Waals surface area (Å²) in [6.45, 7) is 2.47. The second-order valence-corrected chi connectivity index (χ2v) is 5.56. The highest BCUT2D eigenvalue weighted by Gasteiger charge is 2.15. The largest absolute Gasteiger partial charge is 0.454 e. The van der Waals surface area contributed by atoms with E-state index in [1.54, 1.807) is 12.4 Å². The molecule has 1 amide bonds. The molecule has 120 valence electrons. The van der Waals surface area contributed by atoms with Crippen molar-refractivity contribution in [2.45, 2.75) is 13.5 Å². The molecule has 0 aliphatic carbocycles. The fraction of sp³-hybridized carbons (Fsp3) is 0.167. The number of fused-ring (bicyclic) bond motifs is 2. The summed E-state index contributed by atoms with van der Waals surface area (Å²) in [5, 5.41) is 3.76. The molecule has 0 saturated carbocycles. The van der Waals surface area contributed by atoms with E-state index in [2.05, 4.69) is 15.3 Å². The monoisotopic (exact) mass is 321 g/mol. The van der Waals surface area contributed by atoms with Crippen molar-refractivity contribution < 1.29 is 14.3 Å². The number of carbonyl (C=O) groups excluding carboxylic acids is 1. The number of hydrogen-bond acceptors (Lipinski definition) is 5. The molecule has 3 heterocycles. The number of amides is 1. The molecule has 0 radical (unpaired) electrons. The zero-order chi connectivity index (χ0) is 16.5. The molecule has 0 bridgehead atoms. The molecule has 6 heteroatoms. The van der Waals surface area contributed by atoms with Gasteiger partial charge in [-0.2, -0.15) is 0 Å². The Labute approximate surface area is 138 Å². The summed E-state index contributed by atoms with van der Waals surface area (Å²) in [6, 6.07) is 9.27. The third kappa shape index (κ3) is 2.62. The van der Waals surface area contributed by atoms with Crippen LogP contribution < -0.4 is 14.8 Å². The van der Waals surface area contributed by atoms with Crippen LogP contribution in [0.25, 0.3) is 10.9 Å². The van der Waals surface area contributed by atoms with Gasteiger partial charge in [-0.25, -0.2) is 0 Å². The summed E-state index contributed by atoms with van der Waals surface area (Å²) in [4.78, 5) is 21.0. The minimum absolute atomic E-state index is 0.164. The average Bonchev–Trinajstić information content (AvgIpc) is 3.06. The van der Waals surface area contributed by atoms with Crippen molar-refractivity contribution >= 4 is 16.8 Å². The number of ether oxygens (including phenoxy) is 2. The summed E-state index contributed by atoms with van der Waals surface area (Å²) >= 11 is 0. The van der Waals surface area contributed by atoms with Crippen molar-refractivity contribution in [3.63, 3.8) is 0 Å². The minimum Gasteiger partial charge on any atom is -0.454 e. The molecule has 0 saturated heterocycles. The van der Waals surface area contributed by atoms with E-state index >= 15 is 0 Å². The normalized spacial score (nSPS) is 12.4. The van der Waals surface area contributed by atoms with Gasteiger partial charge in [-0.1, -0.05) is 6.07 Å². The van der Waals surface area contributed by atoms with Gasteiger partial charge in [0.15, 0.2) is 11.5 Å². The predicted molar refractivity (Wildman–Crippen MR) is 88.0 cm³/mol. The van der Waals surface area contributed by atoms with Crippen LogP contribution in [0.3, 0.4) is 0 Å². The van der Waals surface area contributed by atoms with E-state index in [-0.39, 0.29) is 12.7 Å². The van der Waals surface area contributed by atoms with E-state index in [0.717, 1.165) is 22.2 Å². The molecular formula is C18H15N3O3. The minimum atomic E-state index is -0.164. The van der Waals surface area contributed by atoms with Crippen LogP contribution >= 0.6 is 0 Å². The van der Waals surface area contributed by atoms with Crippen LogP contribution in [0.2, 0.25) is 0 Å². The number of carbonyl (C=O) groups is 1. The Balaban J connectivity index is 1.53. The maximum atomic E-state index is 12.5. The lowest BCUT2D eigenvalue weighted by Gasteiger charge is -2.09. The quantitative estimate of drug-likeness (QED) is 0.802. The van der Waals surface area contributed by atoms with E-state index < -0.39 is 0 Å². The molecule has 1 aromatic carbocycles. The Morgan fingerprint density at radius 2 is 2.08 bits per heavy atom. The number of nitrogens with one attached hydrogen (secondary N) is 1. The molecule has 6 nitrogen and oxygen atoms in total. The first-order chi connectivity index (χ1) is 11.7. The third-order valence-corrected chi connectivity index (χ3v) is 3.94. The molecule has 1 aliphatic heterocycles. The molecule has 0 spiro atoms. The summed E-state index contributed by atoms with van der Waals surface area (Å²) in [5.74, 6) is 1.27. The van der Waals surface area contributed by atoms with Crippen molar-refractivity contribution in [3.05, 3.63) is 59.5 Å². The highest BCUT2D eigenvalue weighted by Crippen LogP contribution is 2.32. The number of benzene rings is 1. The maximum absolute atomic E-state index is 12.5. The van der Waals surface area contributed by atoms with E-state index in [1.165, 1.54) is 0 Å². The Kier molecular flexibility index (Phi) is 3.49. The summed E-state index contributed by atoms with van der Waals surface area (Å²) < 4.78 is 10.6. The Hall–Kier alpha value is -3.15. The van der Waals surface area contributed by atoms with Crippen LogP contribution in [0, 0.1) is 6.92 Å². The average molecular weight is 321 g/mol. The predicted octanol–water partition coefficient (Wildman–Crippen LogP) is 2.60. The Morgan fingerprint density at radius 3 is 3.00 bits per heavy atom. The number of aromatic nitrogens is 2. The molecule has 0 atom stereocenters. The highest BCUT2D eigenvalue weighted by atomic mass is 16.7. The van der Waals surface area contributed by atoms with Gasteiger partial charge in [0.25, 0.3) is 5.91 Å². The van der Waals surface area contributed by atoms with Crippen molar-refractivity contribution in [1.82, 2.24) is 15.3 Å². The van der Waals surface area contributed by atoms with E-state index in [4.69, 9.17) is 9.47 Å². The van der Waals surface area contributed by atoms with Crippen LogP contribution in [0.1, 0.15) is 21.6 Å². The number of rotatable bonds is 3. The third-order valence-electron chi connectivity index (χ3n) is 3.94. The van der Waals surface area contributed by atoms with Crippen LogP contribution in [0.5, 0.6) is 11.5 Å². The molecule has 2 aromatic heterocycles. The number of hydrogen-bond donors (Lipinski definition) is 1. The second-order valence-electron chi connectivity index (χ2n) is 5.56. The standard InChI is InChI=1S/C18H15N3O3/c1-11-14(7-13-9-19-5-4-15(13)21-11)18(22)20-8-12-2-3-16-17(6-12)24-10-23-16/h2-7,9H,8,10H2,1H3,(H,20,22). The maximum Gasteiger partial charge on any atom is 0.253 e. The first kappa shape index (κ1) is 14.4. The van der Waals surface area contributed by atoms with E-state index in [0.29, 0.717) is 23.6 Å². The van der Waals surface area contributed by atoms with Gasteiger partial charge < -0.3 is 14.8 Å². The van der Waals surface area contributed by atoms with Gasteiger partial charge in [0.2, 0.25) is 6.79 Å². The molecule has 1 aliphatic rings. The van der Waals surface area contributed by atoms with Gasteiger partial charge in [0, 0.05) is 24.3 Å². The van der Waals surface area contributed by atoms with Crippen molar-refractivity contribution in [2.24, 2.45) is 0 Å². The Morgan fingerprint density at radius 1 is 1.21 bits per heavy atom. The van der Waals surface area contributed by atoms with Crippen LogP contribution in [0.15, 0.2) is 42.7 Å². The summed E-state index contributed by atoms with van der Waals surface area (Å²) in [5.41, 5.74) is 3.02. The van der Waals surface area contributed by atoms with Crippen molar-refractivity contribution in [3.8, 4) is 11.5 Å². The topological polar surface area (TPSA) is 73.3 Å². The fourth-order valence-corrected chi connectivity index (χ4v) is 2.67. The van der Waals surface area contributed by atoms with E-state index in [9.17, 15) is 4.79 Å². The number of aryl methyl sites for hydroxylation is 1. The van der Waals surface area contributed by atoms with Gasteiger partial charge in [0.1, 0.15) is 0 Å². The molecule has 1 N–H and O–H groups in total. The van der Waals surface area contributed by atoms with Gasteiger partial charge in [-0.3, -0.25) is 14.8 Å². The lowest BCUT2D eigenvalue weighted by molar-refractivity contribution is 0.0950. The zero-order valence-electron chi connectivity index (χ0n) is 13.1. The number of pyridine rings is 2. The van der Waals surface area contributed by atoms with E-state index in [1.807, 2.05) is 37.3 Å². The Bertz CT molecular complexity index is 940. The van der Waals surface area contributed by atoms with Crippen LogP contribution in [-0.4, -0.2) is 22.7 Å². The lowest BCUT2D eigenvalue weighted by Crippen LogP contribution is -2.24. The second kappa shape index (κ2) is 5.81. The van der Waals surface area contributed by atoms with Crippen molar-refractivity contribution in [1.29, 1.82) is 0 Å². The lowest BCUT2D eigenvalue weighted by atomic mass is 10.1. The zero-order valence-corrected chi connectivity index (χ0v) is 13.1. The fourth-order valence-electron chi connectivity index (χ4n) is 2.67. The highest BCUT2D eigenvalue weighted by molar-refractivity contribution is 5.98. The molecule has 0 fully saturated rings.